The Hall–Kier alpha value is -1.31. The first-order valence-corrected chi connectivity index (χ1v) is 8.19. The van der Waals surface area contributed by atoms with Gasteiger partial charge in [0.1, 0.15) is 0 Å². The lowest BCUT2D eigenvalue weighted by molar-refractivity contribution is -0.128. The molecule has 1 rings (SSSR count). The maximum atomic E-state index is 12.6. The lowest BCUT2D eigenvalue weighted by atomic mass is 10.2. The number of halogens is 1. The van der Waals surface area contributed by atoms with E-state index < -0.39 is 10.0 Å². The van der Waals surface area contributed by atoms with Gasteiger partial charge < -0.3 is 10.6 Å². The van der Waals surface area contributed by atoms with Crippen LogP contribution in [-0.4, -0.2) is 50.7 Å². The van der Waals surface area contributed by atoms with E-state index in [0.717, 1.165) is 4.31 Å². The van der Waals surface area contributed by atoms with E-state index in [2.05, 4.69) is 0 Å². The van der Waals surface area contributed by atoms with Crippen LogP contribution in [0.25, 0.3) is 0 Å². The third kappa shape index (κ3) is 3.87. The van der Waals surface area contributed by atoms with Crippen LogP contribution in [0, 0.1) is 6.92 Å². The summed E-state index contributed by atoms with van der Waals surface area (Å²) in [6, 6.07) is 2.77. The smallest absolute Gasteiger partial charge is 0.243 e. The fraction of sp³-hybridized carbons (Fsp3) is 0.462. The molecule has 0 aliphatic rings. The molecule has 1 aromatic carbocycles. The minimum Gasteiger partial charge on any atom is -0.397 e. The third-order valence-electron chi connectivity index (χ3n) is 3.06. The van der Waals surface area contributed by atoms with Crippen LogP contribution in [0.3, 0.4) is 0 Å². The van der Waals surface area contributed by atoms with Crippen LogP contribution < -0.4 is 5.73 Å². The van der Waals surface area contributed by atoms with Crippen molar-refractivity contribution in [1.29, 1.82) is 0 Å². The van der Waals surface area contributed by atoms with Gasteiger partial charge in [-0.3, -0.25) is 4.79 Å². The number of likely N-dealkylation sites (N-methyl/N-ethyl adjacent to an activating group) is 2. The first-order chi connectivity index (χ1) is 9.61. The zero-order valence-electron chi connectivity index (χ0n) is 12.6. The first-order valence-electron chi connectivity index (χ1n) is 6.37. The highest BCUT2D eigenvalue weighted by atomic mass is 35.5. The Labute approximate surface area is 130 Å². The third-order valence-corrected chi connectivity index (χ3v) is 5.47. The van der Waals surface area contributed by atoms with E-state index in [-0.39, 0.29) is 29.6 Å². The molecule has 2 N–H and O–H groups in total. The summed E-state index contributed by atoms with van der Waals surface area (Å²) < 4.78 is 26.3. The number of nitrogen functional groups attached to an aromatic ring is 1. The van der Waals surface area contributed by atoms with E-state index >= 15 is 0 Å². The summed E-state index contributed by atoms with van der Waals surface area (Å²) in [5, 5.41) is 0.335. The number of aryl methyl sites for hydroxylation is 1. The predicted molar refractivity (Wildman–Crippen MR) is 83.7 cm³/mol. The molecule has 0 atom stereocenters. The van der Waals surface area contributed by atoms with E-state index in [1.807, 2.05) is 0 Å². The normalized spacial score (nSPS) is 11.7. The van der Waals surface area contributed by atoms with Crippen molar-refractivity contribution in [3.63, 3.8) is 0 Å². The Bertz CT molecular complexity index is 621. The molecule has 0 aliphatic carbocycles. The summed E-state index contributed by atoms with van der Waals surface area (Å²) in [6.45, 7) is 3.32. The van der Waals surface area contributed by atoms with Crippen LogP contribution in [-0.2, 0) is 14.8 Å². The van der Waals surface area contributed by atoms with Crippen molar-refractivity contribution in [3.8, 4) is 0 Å². The molecular formula is C13H20ClN3O3S. The van der Waals surface area contributed by atoms with Crippen LogP contribution >= 0.6 is 11.6 Å². The first kappa shape index (κ1) is 17.7. The van der Waals surface area contributed by atoms with Crippen molar-refractivity contribution in [2.45, 2.75) is 18.7 Å². The molecule has 0 saturated heterocycles. The number of carbonyl (C=O) groups excluding carboxylic acids is 1. The van der Waals surface area contributed by atoms with Crippen molar-refractivity contribution < 1.29 is 13.2 Å². The van der Waals surface area contributed by atoms with E-state index in [1.54, 1.807) is 27.9 Å². The van der Waals surface area contributed by atoms with Gasteiger partial charge in [-0.15, -0.1) is 0 Å². The van der Waals surface area contributed by atoms with Gasteiger partial charge in [-0.1, -0.05) is 18.5 Å². The number of amides is 1. The number of hydrogen-bond acceptors (Lipinski definition) is 4. The molecule has 0 fully saturated rings. The van der Waals surface area contributed by atoms with Gasteiger partial charge >= 0.3 is 0 Å². The second kappa shape index (κ2) is 6.64. The fourth-order valence-electron chi connectivity index (χ4n) is 1.72. The summed E-state index contributed by atoms with van der Waals surface area (Å²) in [6.07, 6.45) is 0. The standard InChI is InChI=1S/C13H20ClN3O3S/c1-5-17(8-12(18)16(3)4)21(19,20)10-6-9(2)13(14)11(15)7-10/h6-7H,5,8,15H2,1-4H3. The number of nitrogens with two attached hydrogens (primary N) is 1. The van der Waals surface area contributed by atoms with E-state index in [1.165, 1.54) is 17.0 Å². The summed E-state index contributed by atoms with van der Waals surface area (Å²) in [4.78, 5) is 13.1. The predicted octanol–water partition coefficient (Wildman–Crippen LogP) is 1.33. The Morgan fingerprint density at radius 2 is 1.90 bits per heavy atom. The van der Waals surface area contributed by atoms with Crippen molar-refractivity contribution in [3.05, 3.63) is 22.7 Å². The molecule has 6 nitrogen and oxygen atoms in total. The Morgan fingerprint density at radius 3 is 2.33 bits per heavy atom. The van der Waals surface area contributed by atoms with Crippen LogP contribution in [0.5, 0.6) is 0 Å². The second-order valence-electron chi connectivity index (χ2n) is 4.86. The number of benzene rings is 1. The summed E-state index contributed by atoms with van der Waals surface area (Å²) in [7, 11) is -0.641. The molecular weight excluding hydrogens is 314 g/mol. The highest BCUT2D eigenvalue weighted by molar-refractivity contribution is 7.89. The number of carbonyl (C=O) groups is 1. The monoisotopic (exact) mass is 333 g/mol. The molecule has 0 radical (unpaired) electrons. The Kier molecular flexibility index (Phi) is 5.61. The van der Waals surface area contributed by atoms with Gasteiger partial charge in [-0.25, -0.2) is 8.42 Å². The molecule has 1 amide bonds. The van der Waals surface area contributed by atoms with E-state index in [4.69, 9.17) is 17.3 Å². The molecule has 0 aliphatic heterocycles. The zero-order valence-corrected chi connectivity index (χ0v) is 14.1. The highest BCUT2D eigenvalue weighted by Gasteiger charge is 2.26. The summed E-state index contributed by atoms with van der Waals surface area (Å²) in [5.41, 5.74) is 6.49. The molecule has 0 spiro atoms. The van der Waals surface area contributed by atoms with Crippen LogP contribution in [0.4, 0.5) is 5.69 Å². The summed E-state index contributed by atoms with van der Waals surface area (Å²) in [5.74, 6) is -0.293. The summed E-state index contributed by atoms with van der Waals surface area (Å²) >= 11 is 5.94. The molecule has 0 heterocycles. The average Bonchev–Trinajstić information content (AvgIpc) is 2.40. The van der Waals surface area contributed by atoms with Crippen LogP contribution in [0.15, 0.2) is 17.0 Å². The van der Waals surface area contributed by atoms with Crippen molar-refractivity contribution >= 4 is 33.2 Å². The van der Waals surface area contributed by atoms with Gasteiger partial charge in [-0.2, -0.15) is 4.31 Å². The zero-order chi connectivity index (χ0) is 16.4. The van der Waals surface area contributed by atoms with Crippen molar-refractivity contribution in [1.82, 2.24) is 9.21 Å². The average molecular weight is 334 g/mol. The Morgan fingerprint density at radius 1 is 1.33 bits per heavy atom. The number of nitrogens with zero attached hydrogens (tertiary/aromatic N) is 2. The SMILES string of the molecule is CCN(CC(=O)N(C)C)S(=O)(=O)c1cc(C)c(Cl)c(N)c1. The molecule has 1 aromatic rings. The number of anilines is 1. The highest BCUT2D eigenvalue weighted by Crippen LogP contribution is 2.28. The van der Waals surface area contributed by atoms with E-state index in [0.29, 0.717) is 10.6 Å². The van der Waals surface area contributed by atoms with Crippen LogP contribution in [0.1, 0.15) is 12.5 Å². The van der Waals surface area contributed by atoms with Gasteiger partial charge in [0.25, 0.3) is 0 Å². The van der Waals surface area contributed by atoms with Gasteiger partial charge in [0.15, 0.2) is 0 Å². The number of rotatable bonds is 5. The minimum atomic E-state index is -3.79. The second-order valence-corrected chi connectivity index (χ2v) is 7.18. The van der Waals surface area contributed by atoms with Crippen molar-refractivity contribution in [2.24, 2.45) is 0 Å². The topological polar surface area (TPSA) is 83.7 Å². The molecule has 21 heavy (non-hydrogen) atoms. The molecule has 0 saturated carbocycles. The lowest BCUT2D eigenvalue weighted by Crippen LogP contribution is -2.40. The van der Waals surface area contributed by atoms with Gasteiger partial charge in [0, 0.05) is 20.6 Å². The fourth-order valence-corrected chi connectivity index (χ4v) is 3.35. The van der Waals surface area contributed by atoms with E-state index in [9.17, 15) is 13.2 Å². The minimum absolute atomic E-state index is 0.0373. The molecule has 118 valence electrons. The molecule has 0 aromatic heterocycles. The van der Waals surface area contributed by atoms with Crippen LogP contribution in [0.2, 0.25) is 5.02 Å². The number of hydrogen-bond donors (Lipinski definition) is 1. The molecule has 0 unspecified atom stereocenters. The maximum absolute atomic E-state index is 12.6. The van der Waals surface area contributed by atoms with Gasteiger partial charge in [-0.05, 0) is 24.6 Å². The Balaban J connectivity index is 3.22. The largest absolute Gasteiger partial charge is 0.397 e. The van der Waals surface area contributed by atoms with Crippen molar-refractivity contribution in [2.75, 3.05) is 32.9 Å². The maximum Gasteiger partial charge on any atom is 0.243 e. The molecule has 8 heteroatoms. The van der Waals surface area contributed by atoms with Gasteiger partial charge in [0.2, 0.25) is 15.9 Å². The molecule has 0 bridgehead atoms. The number of sulfonamides is 1. The van der Waals surface area contributed by atoms with Gasteiger partial charge in [0.05, 0.1) is 22.2 Å². The lowest BCUT2D eigenvalue weighted by Gasteiger charge is -2.22. The quantitative estimate of drug-likeness (QED) is 0.824.